The number of nitrogens with zero attached hydrogens (tertiary/aromatic N) is 1. The molecule has 0 N–H and O–H groups in total. The summed E-state index contributed by atoms with van der Waals surface area (Å²) in [6, 6.07) is 6.36. The molecule has 0 aliphatic carbocycles. The van der Waals surface area contributed by atoms with E-state index in [2.05, 4.69) is 68.9 Å². The highest BCUT2D eigenvalue weighted by atomic mass is 79.9. The highest BCUT2D eigenvalue weighted by molar-refractivity contribution is 9.13. The van der Waals surface area contributed by atoms with Crippen molar-refractivity contribution < 1.29 is 0 Å². The topological polar surface area (TPSA) is 3.24 Å². The van der Waals surface area contributed by atoms with Crippen LogP contribution in [0.3, 0.4) is 0 Å². The predicted molar refractivity (Wildman–Crippen MR) is 63.9 cm³/mol. The van der Waals surface area contributed by atoms with E-state index in [0.717, 1.165) is 22.0 Å². The van der Waals surface area contributed by atoms with Crippen molar-refractivity contribution in [1.29, 1.82) is 0 Å². The van der Waals surface area contributed by atoms with Crippen molar-refractivity contribution in [3.05, 3.63) is 32.7 Å². The van der Waals surface area contributed by atoms with Crippen LogP contribution in [-0.2, 0) is 6.54 Å². The zero-order valence-corrected chi connectivity index (χ0v) is 11.0. The van der Waals surface area contributed by atoms with Crippen LogP contribution in [0.4, 0.5) is 0 Å². The highest BCUT2D eigenvalue weighted by Crippen LogP contribution is 2.24. The first kappa shape index (κ1) is 11.2. The van der Waals surface area contributed by atoms with E-state index in [1.54, 1.807) is 0 Å². The van der Waals surface area contributed by atoms with Crippen molar-refractivity contribution in [2.24, 2.45) is 0 Å². The normalized spacial score (nSPS) is 10.8. The van der Waals surface area contributed by atoms with Gasteiger partial charge in [-0.2, -0.15) is 0 Å². The first-order valence-corrected chi connectivity index (χ1v) is 5.84. The lowest BCUT2D eigenvalue weighted by Gasteiger charge is -2.13. The molecule has 3 heteroatoms. The van der Waals surface area contributed by atoms with E-state index in [9.17, 15) is 0 Å². The van der Waals surface area contributed by atoms with Crippen molar-refractivity contribution in [3.8, 4) is 0 Å². The van der Waals surface area contributed by atoms with E-state index >= 15 is 0 Å². The Labute approximate surface area is 96.4 Å². The third-order valence-electron chi connectivity index (χ3n) is 1.98. The number of hydrogen-bond donors (Lipinski definition) is 0. The van der Waals surface area contributed by atoms with Gasteiger partial charge in [0.2, 0.25) is 0 Å². The molecule has 0 atom stereocenters. The van der Waals surface area contributed by atoms with Crippen molar-refractivity contribution in [2.45, 2.75) is 13.5 Å². The van der Waals surface area contributed by atoms with E-state index in [4.69, 9.17) is 0 Å². The summed E-state index contributed by atoms with van der Waals surface area (Å²) in [5.74, 6) is 0. The Hall–Kier alpha value is 0.140. The van der Waals surface area contributed by atoms with E-state index in [1.165, 1.54) is 5.56 Å². The second kappa shape index (κ2) is 5.13. The minimum atomic E-state index is 1.00. The Kier molecular flexibility index (Phi) is 4.42. The molecule has 1 aromatic rings. The van der Waals surface area contributed by atoms with Crippen molar-refractivity contribution >= 4 is 31.9 Å². The molecule has 0 unspecified atom stereocenters. The van der Waals surface area contributed by atoms with Crippen LogP contribution in [0, 0.1) is 0 Å². The van der Waals surface area contributed by atoms with Crippen LogP contribution >= 0.6 is 31.9 Å². The van der Waals surface area contributed by atoms with Gasteiger partial charge in [-0.25, -0.2) is 0 Å². The molecular formula is C10H13Br2N. The SMILES string of the molecule is CCN(C)Cc1ccc(Br)c(Br)c1. The van der Waals surface area contributed by atoms with Gasteiger partial charge in [0.15, 0.2) is 0 Å². The van der Waals surface area contributed by atoms with Crippen LogP contribution in [0.25, 0.3) is 0 Å². The fourth-order valence-corrected chi connectivity index (χ4v) is 1.73. The van der Waals surface area contributed by atoms with Crippen LogP contribution in [-0.4, -0.2) is 18.5 Å². The molecule has 0 saturated heterocycles. The molecule has 0 aliphatic heterocycles. The molecule has 0 saturated carbocycles. The lowest BCUT2D eigenvalue weighted by molar-refractivity contribution is 0.345. The van der Waals surface area contributed by atoms with Gasteiger partial charge in [-0.05, 0) is 63.1 Å². The van der Waals surface area contributed by atoms with Crippen LogP contribution in [0.2, 0.25) is 0 Å². The Morgan fingerprint density at radius 3 is 2.46 bits per heavy atom. The van der Waals surface area contributed by atoms with Crippen molar-refractivity contribution in [3.63, 3.8) is 0 Å². The molecule has 0 aliphatic rings. The minimum Gasteiger partial charge on any atom is -0.302 e. The Morgan fingerprint density at radius 1 is 1.23 bits per heavy atom. The summed E-state index contributed by atoms with van der Waals surface area (Å²) >= 11 is 6.94. The summed E-state index contributed by atoms with van der Waals surface area (Å²) in [5.41, 5.74) is 1.33. The Bertz CT molecular complexity index is 286. The third-order valence-corrected chi connectivity index (χ3v) is 3.86. The molecule has 0 radical (unpaired) electrons. The second-order valence-corrected chi connectivity index (χ2v) is 4.79. The van der Waals surface area contributed by atoms with Crippen LogP contribution < -0.4 is 0 Å². The molecular weight excluding hydrogens is 294 g/mol. The number of halogens is 2. The van der Waals surface area contributed by atoms with Gasteiger partial charge in [-0.3, -0.25) is 0 Å². The summed E-state index contributed by atoms with van der Waals surface area (Å²) < 4.78 is 2.23. The second-order valence-electron chi connectivity index (χ2n) is 3.08. The first-order valence-electron chi connectivity index (χ1n) is 4.26. The van der Waals surface area contributed by atoms with Crippen molar-refractivity contribution in [2.75, 3.05) is 13.6 Å². The monoisotopic (exact) mass is 305 g/mol. The average Bonchev–Trinajstić information content (AvgIpc) is 2.11. The maximum absolute atomic E-state index is 3.49. The average molecular weight is 307 g/mol. The van der Waals surface area contributed by atoms with Gasteiger partial charge in [-0.1, -0.05) is 13.0 Å². The number of hydrogen-bond acceptors (Lipinski definition) is 1. The quantitative estimate of drug-likeness (QED) is 0.824. The van der Waals surface area contributed by atoms with E-state index in [1.807, 2.05) is 0 Å². The molecule has 1 rings (SSSR count). The summed E-state index contributed by atoms with van der Waals surface area (Å²) in [6.45, 7) is 4.24. The third kappa shape index (κ3) is 3.41. The molecule has 0 heterocycles. The van der Waals surface area contributed by atoms with E-state index in [0.29, 0.717) is 0 Å². The highest BCUT2D eigenvalue weighted by Gasteiger charge is 2.00. The zero-order chi connectivity index (χ0) is 9.84. The van der Waals surface area contributed by atoms with Gasteiger partial charge >= 0.3 is 0 Å². The lowest BCUT2D eigenvalue weighted by Crippen LogP contribution is -2.16. The largest absolute Gasteiger partial charge is 0.302 e. The number of rotatable bonds is 3. The molecule has 0 spiro atoms. The number of benzene rings is 1. The van der Waals surface area contributed by atoms with Crippen LogP contribution in [0.15, 0.2) is 27.1 Å². The molecule has 1 nitrogen and oxygen atoms in total. The van der Waals surface area contributed by atoms with Gasteiger partial charge in [0.1, 0.15) is 0 Å². The van der Waals surface area contributed by atoms with Crippen LogP contribution in [0.5, 0.6) is 0 Å². The summed E-state index contributed by atoms with van der Waals surface area (Å²) in [7, 11) is 2.12. The fraction of sp³-hybridized carbons (Fsp3) is 0.400. The van der Waals surface area contributed by atoms with Gasteiger partial charge in [-0.15, -0.1) is 0 Å². The van der Waals surface area contributed by atoms with Gasteiger partial charge in [0, 0.05) is 15.5 Å². The smallest absolute Gasteiger partial charge is 0.0320 e. The van der Waals surface area contributed by atoms with Gasteiger partial charge in [0.05, 0.1) is 0 Å². The first-order chi connectivity index (χ1) is 6.13. The summed E-state index contributed by atoms with van der Waals surface area (Å²) in [4.78, 5) is 2.27. The molecule has 0 bridgehead atoms. The molecule has 0 fully saturated rings. The minimum absolute atomic E-state index is 1.00. The van der Waals surface area contributed by atoms with Gasteiger partial charge in [0.25, 0.3) is 0 Å². The fourth-order valence-electron chi connectivity index (χ4n) is 1.06. The summed E-state index contributed by atoms with van der Waals surface area (Å²) in [5, 5.41) is 0. The maximum atomic E-state index is 3.49. The molecule has 13 heavy (non-hydrogen) atoms. The molecule has 0 aromatic heterocycles. The molecule has 0 amide bonds. The van der Waals surface area contributed by atoms with Gasteiger partial charge < -0.3 is 4.90 Å². The van der Waals surface area contributed by atoms with E-state index in [-0.39, 0.29) is 0 Å². The summed E-state index contributed by atoms with van der Waals surface area (Å²) in [6.07, 6.45) is 0. The van der Waals surface area contributed by atoms with Crippen LogP contribution in [0.1, 0.15) is 12.5 Å². The van der Waals surface area contributed by atoms with E-state index < -0.39 is 0 Å². The Balaban J connectivity index is 2.73. The van der Waals surface area contributed by atoms with Crippen molar-refractivity contribution in [1.82, 2.24) is 4.90 Å². The standard InChI is InChI=1S/C10H13Br2N/c1-3-13(2)7-8-4-5-9(11)10(12)6-8/h4-6H,3,7H2,1-2H3. The lowest BCUT2D eigenvalue weighted by atomic mass is 10.2. The zero-order valence-electron chi connectivity index (χ0n) is 7.85. The maximum Gasteiger partial charge on any atom is 0.0320 e. The molecule has 72 valence electrons. The molecule has 1 aromatic carbocycles. The Morgan fingerprint density at radius 2 is 1.92 bits per heavy atom. The predicted octanol–water partition coefficient (Wildman–Crippen LogP) is 3.66.